The second-order valence-electron chi connectivity index (χ2n) is 7.75. The highest BCUT2D eigenvalue weighted by Crippen LogP contribution is 2.29. The first-order chi connectivity index (χ1) is 18.0. The largest absolute Gasteiger partial charge is 0.497 e. The second-order valence-corrected chi connectivity index (χ2v) is 7.75. The number of benzene rings is 3. The van der Waals surface area contributed by atoms with E-state index in [0.717, 1.165) is 5.56 Å². The van der Waals surface area contributed by atoms with Gasteiger partial charge in [-0.2, -0.15) is 5.10 Å². The number of nitrogens with one attached hydrogen (secondary N) is 3. The van der Waals surface area contributed by atoms with Gasteiger partial charge in [0.25, 0.3) is 5.91 Å². The molecule has 10 heteroatoms. The van der Waals surface area contributed by atoms with Crippen molar-refractivity contribution in [2.75, 3.05) is 33.8 Å². The molecular formula is C27H30N4O6. The highest BCUT2D eigenvalue weighted by atomic mass is 16.5. The van der Waals surface area contributed by atoms with Crippen LogP contribution in [0, 0.1) is 0 Å². The fraction of sp³-hybridized carbons (Fsp3) is 0.222. The van der Waals surface area contributed by atoms with Gasteiger partial charge in [-0.25, -0.2) is 10.2 Å². The van der Waals surface area contributed by atoms with Crippen molar-refractivity contribution < 1.29 is 28.5 Å². The molecule has 0 aliphatic carbocycles. The number of rotatable bonds is 11. The number of nitrogens with zero attached hydrogens (tertiary/aromatic N) is 1. The SMILES string of the molecule is COc1ccc(C=NNC(=O)[C@@H](Cc2ccccc2)NC(=O)Nc2ccc(OC)cc2OC)c(OC)c1. The molecule has 0 bridgehead atoms. The lowest BCUT2D eigenvalue weighted by Gasteiger charge is -2.18. The minimum atomic E-state index is -0.915. The lowest BCUT2D eigenvalue weighted by Crippen LogP contribution is -2.48. The molecule has 0 saturated heterocycles. The number of anilines is 1. The lowest BCUT2D eigenvalue weighted by atomic mass is 10.1. The standard InChI is InChI=1S/C27H30N4O6/c1-34-20-11-10-19(24(15-20)36-3)17-28-31-26(32)23(14-18-8-6-5-7-9-18)30-27(33)29-22-13-12-21(35-2)16-25(22)37-4/h5-13,15-17,23H,14H2,1-4H3,(H,31,32)(H2,29,30,33)/t23-/m1/s1. The average Bonchev–Trinajstić information content (AvgIpc) is 2.93. The van der Waals surface area contributed by atoms with E-state index in [4.69, 9.17) is 18.9 Å². The van der Waals surface area contributed by atoms with Gasteiger partial charge in [0.05, 0.1) is 40.3 Å². The molecule has 37 heavy (non-hydrogen) atoms. The van der Waals surface area contributed by atoms with E-state index in [1.54, 1.807) is 43.5 Å². The molecule has 0 aliphatic heterocycles. The van der Waals surface area contributed by atoms with E-state index in [2.05, 4.69) is 21.2 Å². The molecule has 10 nitrogen and oxygen atoms in total. The summed E-state index contributed by atoms with van der Waals surface area (Å²) in [5.74, 6) is 1.66. The first kappa shape index (κ1) is 26.9. The minimum absolute atomic E-state index is 0.251. The van der Waals surface area contributed by atoms with Gasteiger partial charge in [0.1, 0.15) is 29.0 Å². The van der Waals surface area contributed by atoms with E-state index in [1.807, 2.05) is 30.3 Å². The molecule has 3 aromatic carbocycles. The molecule has 1 atom stereocenters. The second kappa shape index (κ2) is 13.4. The monoisotopic (exact) mass is 506 g/mol. The number of hydrazone groups is 1. The zero-order valence-corrected chi connectivity index (χ0v) is 21.1. The van der Waals surface area contributed by atoms with Gasteiger partial charge >= 0.3 is 6.03 Å². The Bertz CT molecular complexity index is 1230. The van der Waals surface area contributed by atoms with Crippen LogP contribution in [0.3, 0.4) is 0 Å². The summed E-state index contributed by atoms with van der Waals surface area (Å²) in [6.07, 6.45) is 1.71. The Kier molecular flexibility index (Phi) is 9.72. The molecule has 0 radical (unpaired) electrons. The third kappa shape index (κ3) is 7.63. The van der Waals surface area contributed by atoms with Crippen LogP contribution in [0.1, 0.15) is 11.1 Å². The fourth-order valence-electron chi connectivity index (χ4n) is 3.45. The van der Waals surface area contributed by atoms with Crippen molar-refractivity contribution in [1.29, 1.82) is 0 Å². The molecule has 3 aromatic rings. The maximum Gasteiger partial charge on any atom is 0.320 e. The highest BCUT2D eigenvalue weighted by Gasteiger charge is 2.22. The summed E-state index contributed by atoms with van der Waals surface area (Å²) < 4.78 is 21.1. The molecule has 0 spiro atoms. The average molecular weight is 507 g/mol. The van der Waals surface area contributed by atoms with Crippen LogP contribution in [0.2, 0.25) is 0 Å². The van der Waals surface area contributed by atoms with Crippen LogP contribution in [0.15, 0.2) is 71.8 Å². The van der Waals surface area contributed by atoms with Gasteiger partial charge in [-0.15, -0.1) is 0 Å². The van der Waals surface area contributed by atoms with Crippen molar-refractivity contribution in [2.45, 2.75) is 12.5 Å². The quantitative estimate of drug-likeness (QED) is 0.270. The normalized spacial score (nSPS) is 11.4. The zero-order valence-electron chi connectivity index (χ0n) is 21.1. The van der Waals surface area contributed by atoms with Crippen LogP contribution < -0.4 is 35.0 Å². The first-order valence-corrected chi connectivity index (χ1v) is 11.4. The molecular weight excluding hydrogens is 476 g/mol. The van der Waals surface area contributed by atoms with Crippen molar-refractivity contribution in [3.05, 3.63) is 77.9 Å². The Morgan fingerprint density at radius 2 is 1.49 bits per heavy atom. The number of ether oxygens (including phenoxy) is 4. The number of urea groups is 1. The third-order valence-electron chi connectivity index (χ3n) is 5.38. The lowest BCUT2D eigenvalue weighted by molar-refractivity contribution is -0.122. The minimum Gasteiger partial charge on any atom is -0.497 e. The van der Waals surface area contributed by atoms with Crippen LogP contribution in [0.5, 0.6) is 23.0 Å². The smallest absolute Gasteiger partial charge is 0.320 e. The van der Waals surface area contributed by atoms with Gasteiger partial charge in [-0.05, 0) is 29.8 Å². The van der Waals surface area contributed by atoms with Gasteiger partial charge in [-0.1, -0.05) is 30.3 Å². The number of hydrogen-bond donors (Lipinski definition) is 3. The Morgan fingerprint density at radius 1 is 0.838 bits per heavy atom. The number of carbonyl (C=O) groups excluding carboxylic acids is 2. The Morgan fingerprint density at radius 3 is 2.14 bits per heavy atom. The van der Waals surface area contributed by atoms with Crippen LogP contribution in [-0.2, 0) is 11.2 Å². The predicted molar refractivity (Wildman–Crippen MR) is 141 cm³/mol. The molecule has 0 aliphatic rings. The number of methoxy groups -OCH3 is 4. The van der Waals surface area contributed by atoms with E-state index in [-0.39, 0.29) is 6.42 Å². The third-order valence-corrected chi connectivity index (χ3v) is 5.38. The van der Waals surface area contributed by atoms with Crippen molar-refractivity contribution in [1.82, 2.24) is 10.7 Å². The van der Waals surface area contributed by atoms with Gasteiger partial charge in [0.15, 0.2) is 0 Å². The van der Waals surface area contributed by atoms with Crippen molar-refractivity contribution in [2.24, 2.45) is 5.10 Å². The molecule has 0 unspecified atom stereocenters. The molecule has 3 rings (SSSR count). The number of carbonyl (C=O) groups is 2. The Balaban J connectivity index is 1.73. The summed E-state index contributed by atoms with van der Waals surface area (Å²) in [6, 6.07) is 18.0. The molecule has 3 N–H and O–H groups in total. The van der Waals surface area contributed by atoms with E-state index < -0.39 is 18.0 Å². The van der Waals surface area contributed by atoms with E-state index in [0.29, 0.717) is 34.2 Å². The van der Waals surface area contributed by atoms with Crippen LogP contribution in [-0.4, -0.2) is 52.6 Å². The molecule has 0 heterocycles. The summed E-state index contributed by atoms with van der Waals surface area (Å²) >= 11 is 0. The fourth-order valence-corrected chi connectivity index (χ4v) is 3.45. The van der Waals surface area contributed by atoms with Gasteiger partial charge in [0.2, 0.25) is 0 Å². The maximum atomic E-state index is 13.0. The molecule has 194 valence electrons. The van der Waals surface area contributed by atoms with Crippen molar-refractivity contribution in [3.63, 3.8) is 0 Å². The maximum absolute atomic E-state index is 13.0. The van der Waals surface area contributed by atoms with Gasteiger partial charge in [0, 0.05) is 24.1 Å². The highest BCUT2D eigenvalue weighted by molar-refractivity contribution is 5.95. The number of amides is 3. The van der Waals surface area contributed by atoms with Crippen LogP contribution in [0.4, 0.5) is 10.5 Å². The van der Waals surface area contributed by atoms with Gasteiger partial charge < -0.3 is 29.6 Å². The van der Waals surface area contributed by atoms with Gasteiger partial charge in [-0.3, -0.25) is 4.79 Å². The molecule has 3 amide bonds. The van der Waals surface area contributed by atoms with Crippen LogP contribution >= 0.6 is 0 Å². The molecule has 0 fully saturated rings. The Labute approximate surface area is 215 Å². The summed E-state index contributed by atoms with van der Waals surface area (Å²) in [6.45, 7) is 0. The topological polar surface area (TPSA) is 120 Å². The van der Waals surface area contributed by atoms with E-state index in [1.165, 1.54) is 27.5 Å². The molecule has 0 saturated carbocycles. The summed E-state index contributed by atoms with van der Waals surface area (Å²) in [5, 5.41) is 9.49. The zero-order chi connectivity index (χ0) is 26.6. The molecule has 0 aromatic heterocycles. The van der Waals surface area contributed by atoms with Crippen LogP contribution in [0.25, 0.3) is 0 Å². The summed E-state index contributed by atoms with van der Waals surface area (Å²) in [5.41, 5.74) is 4.42. The summed E-state index contributed by atoms with van der Waals surface area (Å²) in [4.78, 5) is 25.9. The van der Waals surface area contributed by atoms with Crippen molar-refractivity contribution in [3.8, 4) is 23.0 Å². The Hall–Kier alpha value is -4.73. The predicted octanol–water partition coefficient (Wildman–Crippen LogP) is 3.60. The number of hydrogen-bond acceptors (Lipinski definition) is 7. The summed E-state index contributed by atoms with van der Waals surface area (Å²) in [7, 11) is 6.11. The van der Waals surface area contributed by atoms with E-state index in [9.17, 15) is 9.59 Å². The first-order valence-electron chi connectivity index (χ1n) is 11.4. The van der Waals surface area contributed by atoms with E-state index >= 15 is 0 Å². The van der Waals surface area contributed by atoms with Crippen molar-refractivity contribution >= 4 is 23.8 Å².